The van der Waals surface area contributed by atoms with Gasteiger partial charge in [-0.15, -0.1) is 0 Å². The summed E-state index contributed by atoms with van der Waals surface area (Å²) in [5.41, 5.74) is 4.03. The molecule has 5 nitrogen and oxygen atoms in total. The Kier molecular flexibility index (Phi) is 5.51. The van der Waals surface area contributed by atoms with E-state index in [1.165, 1.54) is 24.3 Å². The standard InChI is InChI=1S/C15H16ClF3N4O/c1-9(20)6-7-21-14(24)12-8-22-23(13(12)15(17,18)19)11-4-2-10(16)3-5-11/h2-5,8-9H,6-7,20H2,1H3,(H,21,24). The number of nitrogens with zero attached hydrogens (tertiary/aromatic N) is 2. The van der Waals surface area contributed by atoms with Crippen LogP contribution in [0.15, 0.2) is 30.5 Å². The van der Waals surface area contributed by atoms with Gasteiger partial charge in [0.15, 0.2) is 5.69 Å². The molecule has 0 aliphatic carbocycles. The number of nitrogens with two attached hydrogens (primary N) is 1. The second-order valence-corrected chi connectivity index (χ2v) is 5.75. The second kappa shape index (κ2) is 7.23. The van der Waals surface area contributed by atoms with Gasteiger partial charge in [0.05, 0.1) is 17.4 Å². The van der Waals surface area contributed by atoms with Crippen LogP contribution in [0.25, 0.3) is 5.69 Å². The van der Waals surface area contributed by atoms with Crippen LogP contribution in [0.2, 0.25) is 5.02 Å². The number of nitrogens with one attached hydrogen (secondary N) is 1. The van der Waals surface area contributed by atoms with Gasteiger partial charge in [0.1, 0.15) is 0 Å². The van der Waals surface area contributed by atoms with E-state index in [1.807, 2.05) is 0 Å². The third kappa shape index (κ3) is 4.27. The van der Waals surface area contributed by atoms with Crippen LogP contribution in [-0.4, -0.2) is 28.3 Å². The lowest BCUT2D eigenvalue weighted by molar-refractivity contribution is -0.143. The Bertz CT molecular complexity index is 710. The van der Waals surface area contributed by atoms with Crippen LogP contribution in [-0.2, 0) is 6.18 Å². The van der Waals surface area contributed by atoms with Crippen molar-refractivity contribution in [3.8, 4) is 5.69 Å². The molecule has 2 aromatic rings. The molecule has 3 N–H and O–H groups in total. The lowest BCUT2D eigenvalue weighted by Gasteiger charge is -2.13. The second-order valence-electron chi connectivity index (χ2n) is 5.31. The molecule has 1 aromatic heterocycles. The molecule has 24 heavy (non-hydrogen) atoms. The summed E-state index contributed by atoms with van der Waals surface area (Å²) >= 11 is 5.74. The van der Waals surface area contributed by atoms with E-state index >= 15 is 0 Å². The molecule has 0 saturated heterocycles. The number of aromatic nitrogens is 2. The summed E-state index contributed by atoms with van der Waals surface area (Å²) in [6.45, 7) is 1.92. The van der Waals surface area contributed by atoms with Gasteiger partial charge in [-0.3, -0.25) is 4.79 Å². The number of benzene rings is 1. The van der Waals surface area contributed by atoms with E-state index in [4.69, 9.17) is 17.3 Å². The molecular formula is C15H16ClF3N4O. The molecule has 0 saturated carbocycles. The highest BCUT2D eigenvalue weighted by Crippen LogP contribution is 2.33. The molecule has 1 unspecified atom stereocenters. The first-order chi connectivity index (χ1) is 11.2. The number of alkyl halides is 3. The van der Waals surface area contributed by atoms with Crippen molar-refractivity contribution in [2.75, 3.05) is 6.54 Å². The minimum absolute atomic E-state index is 0.154. The Morgan fingerprint density at radius 2 is 2.00 bits per heavy atom. The monoisotopic (exact) mass is 360 g/mol. The Labute approximate surface area is 141 Å². The molecule has 1 atom stereocenters. The lowest BCUT2D eigenvalue weighted by atomic mass is 10.2. The van der Waals surface area contributed by atoms with Gasteiger partial charge in [-0.05, 0) is 37.6 Å². The first-order valence-electron chi connectivity index (χ1n) is 7.15. The highest BCUT2D eigenvalue weighted by atomic mass is 35.5. The van der Waals surface area contributed by atoms with E-state index in [0.717, 1.165) is 6.20 Å². The van der Waals surface area contributed by atoms with Gasteiger partial charge in [-0.25, -0.2) is 4.68 Å². The first kappa shape index (κ1) is 18.3. The van der Waals surface area contributed by atoms with E-state index in [2.05, 4.69) is 10.4 Å². The zero-order valence-electron chi connectivity index (χ0n) is 12.8. The largest absolute Gasteiger partial charge is 0.434 e. The predicted octanol–water partition coefficient (Wildman–Crippen LogP) is 3.01. The molecule has 9 heteroatoms. The Balaban J connectivity index is 2.36. The first-order valence-corrected chi connectivity index (χ1v) is 7.53. The molecule has 0 bridgehead atoms. The lowest BCUT2D eigenvalue weighted by Crippen LogP contribution is -2.30. The fourth-order valence-electron chi connectivity index (χ4n) is 2.07. The van der Waals surface area contributed by atoms with Crippen LogP contribution < -0.4 is 11.1 Å². The quantitative estimate of drug-likeness (QED) is 0.860. The zero-order valence-corrected chi connectivity index (χ0v) is 13.5. The predicted molar refractivity (Wildman–Crippen MR) is 84.2 cm³/mol. The Morgan fingerprint density at radius 1 is 1.38 bits per heavy atom. The van der Waals surface area contributed by atoms with Crippen molar-refractivity contribution in [3.05, 3.63) is 46.7 Å². The van der Waals surface area contributed by atoms with Crippen molar-refractivity contribution >= 4 is 17.5 Å². The number of amides is 1. The number of rotatable bonds is 5. The topological polar surface area (TPSA) is 72.9 Å². The summed E-state index contributed by atoms with van der Waals surface area (Å²) in [6, 6.07) is 5.51. The molecule has 1 heterocycles. The number of hydrogen-bond acceptors (Lipinski definition) is 3. The molecular weight excluding hydrogens is 345 g/mol. The van der Waals surface area contributed by atoms with Crippen molar-refractivity contribution in [1.82, 2.24) is 15.1 Å². The van der Waals surface area contributed by atoms with E-state index < -0.39 is 23.3 Å². The third-order valence-corrected chi connectivity index (χ3v) is 3.49. The summed E-state index contributed by atoms with van der Waals surface area (Å²) < 4.78 is 41.0. The van der Waals surface area contributed by atoms with Crippen molar-refractivity contribution in [2.24, 2.45) is 5.73 Å². The third-order valence-electron chi connectivity index (χ3n) is 3.24. The van der Waals surface area contributed by atoms with Gasteiger partial charge < -0.3 is 11.1 Å². The summed E-state index contributed by atoms with van der Waals surface area (Å²) in [6.07, 6.45) is -3.39. The highest BCUT2D eigenvalue weighted by Gasteiger charge is 2.40. The van der Waals surface area contributed by atoms with Crippen LogP contribution in [0.3, 0.4) is 0 Å². The van der Waals surface area contributed by atoms with Crippen LogP contribution in [0.5, 0.6) is 0 Å². The van der Waals surface area contributed by atoms with E-state index in [0.29, 0.717) is 16.1 Å². The van der Waals surface area contributed by atoms with Gasteiger partial charge in [-0.2, -0.15) is 18.3 Å². The van der Waals surface area contributed by atoms with E-state index in [9.17, 15) is 18.0 Å². The van der Waals surface area contributed by atoms with Gasteiger partial charge in [0, 0.05) is 17.6 Å². The van der Waals surface area contributed by atoms with Gasteiger partial charge >= 0.3 is 6.18 Å². The maximum absolute atomic E-state index is 13.4. The summed E-state index contributed by atoms with van der Waals surface area (Å²) in [5, 5.41) is 6.52. The van der Waals surface area contributed by atoms with Crippen LogP contribution >= 0.6 is 11.6 Å². The summed E-state index contributed by atoms with van der Waals surface area (Å²) in [4.78, 5) is 12.1. The number of carbonyl (C=O) groups excluding carboxylic acids is 1. The maximum Gasteiger partial charge on any atom is 0.434 e. The number of carbonyl (C=O) groups is 1. The molecule has 130 valence electrons. The SMILES string of the molecule is CC(N)CCNC(=O)c1cnn(-c2ccc(Cl)cc2)c1C(F)(F)F. The van der Waals surface area contributed by atoms with E-state index in [-0.39, 0.29) is 18.3 Å². The Hall–Kier alpha value is -2.06. The van der Waals surface area contributed by atoms with Crippen molar-refractivity contribution in [2.45, 2.75) is 25.6 Å². The minimum Gasteiger partial charge on any atom is -0.352 e. The molecule has 1 aromatic carbocycles. The fourth-order valence-corrected chi connectivity index (χ4v) is 2.20. The highest BCUT2D eigenvalue weighted by molar-refractivity contribution is 6.30. The van der Waals surface area contributed by atoms with Crippen LogP contribution in [0, 0.1) is 0 Å². The van der Waals surface area contributed by atoms with Crippen molar-refractivity contribution < 1.29 is 18.0 Å². The summed E-state index contributed by atoms with van der Waals surface area (Å²) in [5.74, 6) is -0.844. The normalized spacial score (nSPS) is 12.9. The molecule has 0 radical (unpaired) electrons. The van der Waals surface area contributed by atoms with Gasteiger partial charge in [0.25, 0.3) is 5.91 Å². The van der Waals surface area contributed by atoms with Crippen molar-refractivity contribution in [3.63, 3.8) is 0 Å². The van der Waals surface area contributed by atoms with Crippen molar-refractivity contribution in [1.29, 1.82) is 0 Å². The summed E-state index contributed by atoms with van der Waals surface area (Å²) in [7, 11) is 0. The van der Waals surface area contributed by atoms with Gasteiger partial charge in [0.2, 0.25) is 0 Å². The maximum atomic E-state index is 13.4. The molecule has 1 amide bonds. The Morgan fingerprint density at radius 3 is 2.54 bits per heavy atom. The fraction of sp³-hybridized carbons (Fsp3) is 0.333. The smallest absolute Gasteiger partial charge is 0.352 e. The number of hydrogen-bond donors (Lipinski definition) is 2. The van der Waals surface area contributed by atoms with Crippen LogP contribution in [0.1, 0.15) is 29.4 Å². The van der Waals surface area contributed by atoms with Gasteiger partial charge in [-0.1, -0.05) is 11.6 Å². The average molecular weight is 361 g/mol. The number of halogens is 4. The molecule has 0 aliphatic heterocycles. The van der Waals surface area contributed by atoms with E-state index in [1.54, 1.807) is 6.92 Å². The van der Waals surface area contributed by atoms with Crippen LogP contribution in [0.4, 0.5) is 13.2 Å². The molecule has 0 aliphatic rings. The minimum atomic E-state index is -4.75. The zero-order chi connectivity index (χ0) is 17.9. The molecule has 0 fully saturated rings. The average Bonchev–Trinajstić information content (AvgIpc) is 2.92. The molecule has 0 spiro atoms. The molecule has 2 rings (SSSR count).